The summed E-state index contributed by atoms with van der Waals surface area (Å²) in [6.07, 6.45) is 2.69. The molecule has 2 aromatic heterocycles. The minimum Gasteiger partial charge on any atom is -0.481 e. The number of ether oxygens (including phenoxy) is 1. The number of nitrogens with zero attached hydrogens (tertiary/aromatic N) is 3. The largest absolute Gasteiger partial charge is 0.481 e. The molecule has 0 aliphatic carbocycles. The molecule has 104 valence electrons. The normalized spacial score (nSPS) is 10.2. The third-order valence-electron chi connectivity index (χ3n) is 2.06. The molecule has 7 nitrogen and oxygen atoms in total. The molecular formula is C11H9N3O4S2. The summed E-state index contributed by atoms with van der Waals surface area (Å²) in [6.45, 7) is 0. The van der Waals surface area contributed by atoms with Crippen LogP contribution in [0.4, 0.5) is 0 Å². The molecule has 0 amide bonds. The number of carboxylic acids is 1. The number of esters is 1. The first-order valence-electron chi connectivity index (χ1n) is 5.33. The first-order chi connectivity index (χ1) is 9.58. The van der Waals surface area contributed by atoms with Gasteiger partial charge in [0.25, 0.3) is 0 Å². The summed E-state index contributed by atoms with van der Waals surface area (Å²) >= 11 is 2.52. The molecule has 9 heteroatoms. The van der Waals surface area contributed by atoms with Crippen LogP contribution in [0.25, 0.3) is 0 Å². The second-order valence-electron chi connectivity index (χ2n) is 3.51. The first kappa shape index (κ1) is 14.4. The lowest BCUT2D eigenvalue weighted by Gasteiger charge is -2.00. The maximum atomic E-state index is 11.3. The van der Waals surface area contributed by atoms with E-state index >= 15 is 0 Å². The maximum absolute atomic E-state index is 11.3. The molecule has 0 fully saturated rings. The lowest BCUT2D eigenvalue weighted by molar-refractivity contribution is -0.136. The molecular weight excluding hydrogens is 302 g/mol. The third kappa shape index (κ3) is 3.75. The van der Waals surface area contributed by atoms with E-state index in [9.17, 15) is 9.59 Å². The zero-order valence-electron chi connectivity index (χ0n) is 10.3. The van der Waals surface area contributed by atoms with Crippen LogP contribution in [-0.2, 0) is 16.0 Å². The number of thiazole rings is 1. The molecule has 0 saturated heterocycles. The van der Waals surface area contributed by atoms with Gasteiger partial charge in [-0.25, -0.2) is 14.8 Å². The van der Waals surface area contributed by atoms with Crippen molar-refractivity contribution in [3.05, 3.63) is 29.2 Å². The molecule has 0 aromatic carbocycles. The minimum absolute atomic E-state index is 0.111. The minimum atomic E-state index is -0.931. The number of hydrogen-bond donors (Lipinski definition) is 1. The molecule has 0 saturated carbocycles. The molecule has 0 aliphatic heterocycles. The Morgan fingerprint density at radius 2 is 2.20 bits per heavy atom. The van der Waals surface area contributed by atoms with Crippen molar-refractivity contribution in [3.8, 4) is 0 Å². The lowest BCUT2D eigenvalue weighted by Crippen LogP contribution is -2.05. The zero-order valence-corrected chi connectivity index (χ0v) is 11.9. The third-order valence-corrected chi connectivity index (χ3v) is 3.96. The van der Waals surface area contributed by atoms with Gasteiger partial charge in [0.05, 0.1) is 31.6 Å². The van der Waals surface area contributed by atoms with E-state index in [0.29, 0.717) is 15.1 Å². The highest BCUT2D eigenvalue weighted by Crippen LogP contribution is 2.28. The Labute approximate surface area is 122 Å². The Morgan fingerprint density at radius 1 is 1.40 bits per heavy atom. The van der Waals surface area contributed by atoms with E-state index in [1.165, 1.54) is 42.6 Å². The number of aromatic nitrogens is 3. The molecule has 0 aliphatic rings. The van der Waals surface area contributed by atoms with Crippen molar-refractivity contribution in [1.29, 1.82) is 0 Å². The molecule has 0 atom stereocenters. The van der Waals surface area contributed by atoms with Crippen LogP contribution >= 0.6 is 23.1 Å². The Kier molecular flexibility index (Phi) is 4.64. The quantitative estimate of drug-likeness (QED) is 0.829. The fourth-order valence-corrected chi connectivity index (χ4v) is 3.00. The summed E-state index contributed by atoms with van der Waals surface area (Å²) in [5.41, 5.74) is 0.599. The number of carbonyl (C=O) groups is 2. The van der Waals surface area contributed by atoms with Crippen LogP contribution in [0.5, 0.6) is 0 Å². The van der Waals surface area contributed by atoms with Crippen LogP contribution in [-0.4, -0.2) is 39.1 Å². The van der Waals surface area contributed by atoms with Crippen molar-refractivity contribution in [2.75, 3.05) is 7.11 Å². The second-order valence-corrected chi connectivity index (χ2v) is 5.64. The van der Waals surface area contributed by atoms with E-state index < -0.39 is 11.9 Å². The van der Waals surface area contributed by atoms with Gasteiger partial charge < -0.3 is 9.84 Å². The van der Waals surface area contributed by atoms with Crippen molar-refractivity contribution < 1.29 is 19.4 Å². The highest BCUT2D eigenvalue weighted by Gasteiger charge is 2.11. The molecule has 1 N–H and O–H groups in total. The molecule has 2 aromatic rings. The van der Waals surface area contributed by atoms with Gasteiger partial charge in [-0.3, -0.25) is 9.78 Å². The summed E-state index contributed by atoms with van der Waals surface area (Å²) in [4.78, 5) is 34.1. The standard InChI is InChI=1S/C11H9N3O4S2/c1-18-10(17)7-3-12-4-8(14-7)20-11-13-6(5-19-11)2-9(15)16/h3-5H,2H2,1H3,(H,15,16). The number of rotatable bonds is 5. The van der Waals surface area contributed by atoms with Crippen LogP contribution in [0.3, 0.4) is 0 Å². The zero-order chi connectivity index (χ0) is 14.5. The predicted molar refractivity (Wildman–Crippen MR) is 70.9 cm³/mol. The van der Waals surface area contributed by atoms with E-state index in [2.05, 4.69) is 19.7 Å². The van der Waals surface area contributed by atoms with Gasteiger partial charge in [-0.2, -0.15) is 0 Å². The van der Waals surface area contributed by atoms with E-state index in [-0.39, 0.29) is 12.1 Å². The smallest absolute Gasteiger partial charge is 0.358 e. The van der Waals surface area contributed by atoms with Crippen LogP contribution < -0.4 is 0 Å². The summed E-state index contributed by atoms with van der Waals surface area (Å²) in [5.74, 6) is -1.50. The van der Waals surface area contributed by atoms with Gasteiger partial charge in [0.2, 0.25) is 0 Å². The predicted octanol–water partition coefficient (Wildman–Crippen LogP) is 1.50. The summed E-state index contributed by atoms with van der Waals surface area (Å²) in [6, 6.07) is 0. The number of methoxy groups -OCH3 is 1. The Balaban J connectivity index is 2.11. The molecule has 0 bridgehead atoms. The Hall–Kier alpha value is -2.00. The topological polar surface area (TPSA) is 102 Å². The molecule has 0 spiro atoms. The number of carbonyl (C=O) groups excluding carboxylic acids is 1. The summed E-state index contributed by atoms with van der Waals surface area (Å²) in [5, 5.41) is 10.8. The maximum Gasteiger partial charge on any atom is 0.358 e. The van der Waals surface area contributed by atoms with Gasteiger partial charge in [0.1, 0.15) is 5.03 Å². The molecule has 2 rings (SSSR count). The van der Waals surface area contributed by atoms with Crippen LogP contribution in [0.2, 0.25) is 0 Å². The lowest BCUT2D eigenvalue weighted by atomic mass is 10.3. The van der Waals surface area contributed by atoms with Crippen molar-refractivity contribution >= 4 is 35.0 Å². The fraction of sp³-hybridized carbons (Fsp3) is 0.182. The first-order valence-corrected chi connectivity index (χ1v) is 7.02. The molecule has 0 radical (unpaired) electrons. The number of carboxylic acid groups (broad SMARTS) is 1. The average molecular weight is 311 g/mol. The van der Waals surface area contributed by atoms with Crippen LogP contribution in [0.1, 0.15) is 16.2 Å². The summed E-state index contributed by atoms with van der Waals surface area (Å²) in [7, 11) is 1.27. The Bertz CT molecular complexity index is 644. The van der Waals surface area contributed by atoms with E-state index in [1.807, 2.05) is 0 Å². The van der Waals surface area contributed by atoms with Crippen molar-refractivity contribution in [2.24, 2.45) is 0 Å². The van der Waals surface area contributed by atoms with Crippen molar-refractivity contribution in [1.82, 2.24) is 15.0 Å². The Morgan fingerprint density at radius 3 is 2.90 bits per heavy atom. The van der Waals surface area contributed by atoms with Gasteiger partial charge >= 0.3 is 11.9 Å². The van der Waals surface area contributed by atoms with Crippen LogP contribution in [0, 0.1) is 0 Å². The van der Waals surface area contributed by atoms with Gasteiger partial charge in [0.15, 0.2) is 10.0 Å². The van der Waals surface area contributed by atoms with E-state index in [0.717, 1.165) is 0 Å². The van der Waals surface area contributed by atoms with Gasteiger partial charge in [-0.15, -0.1) is 11.3 Å². The van der Waals surface area contributed by atoms with Gasteiger partial charge in [-0.1, -0.05) is 0 Å². The highest BCUT2D eigenvalue weighted by atomic mass is 32.2. The average Bonchev–Trinajstić information content (AvgIpc) is 2.84. The number of hydrogen-bond acceptors (Lipinski definition) is 8. The molecule has 0 unspecified atom stereocenters. The monoisotopic (exact) mass is 311 g/mol. The van der Waals surface area contributed by atoms with Crippen LogP contribution in [0.15, 0.2) is 27.1 Å². The fourth-order valence-electron chi connectivity index (χ4n) is 1.26. The SMILES string of the molecule is COC(=O)c1cncc(Sc2nc(CC(=O)O)cs2)n1. The highest BCUT2D eigenvalue weighted by molar-refractivity contribution is 8.00. The van der Waals surface area contributed by atoms with Gasteiger partial charge in [-0.05, 0) is 11.8 Å². The summed E-state index contributed by atoms with van der Waals surface area (Å²) < 4.78 is 5.20. The van der Waals surface area contributed by atoms with E-state index in [4.69, 9.17) is 5.11 Å². The van der Waals surface area contributed by atoms with Crippen molar-refractivity contribution in [3.63, 3.8) is 0 Å². The van der Waals surface area contributed by atoms with E-state index in [1.54, 1.807) is 5.38 Å². The van der Waals surface area contributed by atoms with Crippen molar-refractivity contribution in [2.45, 2.75) is 15.8 Å². The number of aliphatic carboxylic acids is 1. The molecule has 2 heterocycles. The molecule has 20 heavy (non-hydrogen) atoms. The van der Waals surface area contributed by atoms with Gasteiger partial charge in [0, 0.05) is 5.38 Å². The second kappa shape index (κ2) is 6.44.